The van der Waals surface area contributed by atoms with Gasteiger partial charge in [-0.15, -0.1) is 0 Å². The molecule has 5 nitrogen and oxygen atoms in total. The summed E-state index contributed by atoms with van der Waals surface area (Å²) < 4.78 is 11.4. The Morgan fingerprint density at radius 1 is 0.927 bits per heavy atom. The lowest BCUT2D eigenvalue weighted by atomic mass is 9.91. The molecule has 1 fully saturated rings. The van der Waals surface area contributed by atoms with Crippen molar-refractivity contribution in [2.75, 3.05) is 4.90 Å². The van der Waals surface area contributed by atoms with Gasteiger partial charge in [0.2, 0.25) is 11.7 Å². The van der Waals surface area contributed by atoms with Crippen LogP contribution in [0, 0.1) is 5.92 Å². The Hall–Kier alpha value is -3.60. The van der Waals surface area contributed by atoms with Crippen LogP contribution in [-0.2, 0) is 22.5 Å². The van der Waals surface area contributed by atoms with E-state index in [1.54, 1.807) is 19.9 Å². The molecule has 216 valence electrons. The van der Waals surface area contributed by atoms with Crippen molar-refractivity contribution in [2.24, 2.45) is 5.92 Å². The van der Waals surface area contributed by atoms with Crippen LogP contribution in [0.3, 0.4) is 0 Å². The molecule has 3 aromatic rings. The van der Waals surface area contributed by atoms with E-state index < -0.39 is 11.8 Å². The minimum Gasteiger partial charge on any atom is -0.452 e. The van der Waals surface area contributed by atoms with Gasteiger partial charge >= 0.3 is 5.97 Å². The zero-order valence-electron chi connectivity index (χ0n) is 24.9. The van der Waals surface area contributed by atoms with Crippen molar-refractivity contribution in [1.29, 1.82) is 0 Å². The van der Waals surface area contributed by atoms with Gasteiger partial charge in [0, 0.05) is 37.9 Å². The average molecular weight is 554 g/mol. The van der Waals surface area contributed by atoms with Crippen LogP contribution in [0.2, 0.25) is 0 Å². The third kappa shape index (κ3) is 7.01. The molecule has 1 amide bonds. The summed E-state index contributed by atoms with van der Waals surface area (Å²) in [6.07, 6.45) is 8.67. The number of esters is 1. The number of ether oxygens (including phenoxy) is 2. The van der Waals surface area contributed by atoms with Gasteiger partial charge in [-0.1, -0.05) is 94.5 Å². The van der Waals surface area contributed by atoms with E-state index in [1.165, 1.54) is 42.4 Å². The molecule has 3 aromatic carbocycles. The summed E-state index contributed by atoms with van der Waals surface area (Å²) in [6, 6.07) is 22.9. The van der Waals surface area contributed by atoms with Gasteiger partial charge in [-0.2, -0.15) is 0 Å². The lowest BCUT2D eigenvalue weighted by Crippen LogP contribution is -2.39. The van der Waals surface area contributed by atoms with Crippen LogP contribution in [0.25, 0.3) is 0 Å². The van der Waals surface area contributed by atoms with Crippen molar-refractivity contribution in [1.82, 2.24) is 0 Å². The van der Waals surface area contributed by atoms with Gasteiger partial charge < -0.3 is 14.4 Å². The maximum atomic E-state index is 13.7. The van der Waals surface area contributed by atoms with Crippen molar-refractivity contribution < 1.29 is 19.1 Å². The Morgan fingerprint density at radius 3 is 2.20 bits per heavy atom. The fourth-order valence-electron chi connectivity index (χ4n) is 6.13. The van der Waals surface area contributed by atoms with Crippen LogP contribution < -0.4 is 9.64 Å². The van der Waals surface area contributed by atoms with Crippen LogP contribution in [-0.4, -0.2) is 17.7 Å². The Bertz CT molecular complexity index is 1350. The third-order valence-corrected chi connectivity index (χ3v) is 8.57. The third-order valence-electron chi connectivity index (χ3n) is 8.57. The highest BCUT2D eigenvalue weighted by atomic mass is 16.7. The molecule has 1 saturated carbocycles. The second kappa shape index (κ2) is 12.5. The number of hydrogen-bond donors (Lipinski definition) is 0. The van der Waals surface area contributed by atoms with Gasteiger partial charge in [-0.3, -0.25) is 4.79 Å². The second-order valence-electron chi connectivity index (χ2n) is 12.2. The van der Waals surface area contributed by atoms with Gasteiger partial charge in [0.15, 0.2) is 0 Å². The second-order valence-corrected chi connectivity index (χ2v) is 12.2. The quantitative estimate of drug-likeness (QED) is 0.236. The summed E-state index contributed by atoms with van der Waals surface area (Å²) in [7, 11) is 0. The predicted octanol–water partition coefficient (Wildman–Crippen LogP) is 8.58. The van der Waals surface area contributed by atoms with E-state index in [0.29, 0.717) is 30.2 Å². The number of carbonyl (C=O) groups is 2. The molecule has 0 N–H and O–H groups in total. The number of hydrogen-bond acceptors (Lipinski definition) is 4. The van der Waals surface area contributed by atoms with Crippen LogP contribution in [0.4, 0.5) is 5.69 Å². The monoisotopic (exact) mass is 553 g/mol. The molecule has 41 heavy (non-hydrogen) atoms. The molecule has 1 aliphatic heterocycles. The molecule has 5 heteroatoms. The number of benzene rings is 3. The first-order chi connectivity index (χ1) is 19.7. The fourth-order valence-corrected chi connectivity index (χ4v) is 6.13. The number of cyclic esters (lactones) is 1. The molecular formula is C36H43NO4. The number of carbonyl (C=O) groups excluding carboxylic acids is 2. The Kier molecular flexibility index (Phi) is 8.82. The molecule has 1 heterocycles. The van der Waals surface area contributed by atoms with E-state index >= 15 is 0 Å². The fraction of sp³-hybridized carbons (Fsp3) is 0.444. The molecule has 0 aromatic heterocycles. The van der Waals surface area contributed by atoms with E-state index in [9.17, 15) is 9.59 Å². The van der Waals surface area contributed by atoms with Gasteiger partial charge in [0.1, 0.15) is 11.3 Å². The molecule has 0 radical (unpaired) electrons. The summed E-state index contributed by atoms with van der Waals surface area (Å²) in [5, 5.41) is 0. The van der Waals surface area contributed by atoms with Crippen molar-refractivity contribution in [3.63, 3.8) is 0 Å². The molecule has 1 atom stereocenters. The maximum Gasteiger partial charge on any atom is 0.345 e. The van der Waals surface area contributed by atoms with Crippen molar-refractivity contribution >= 4 is 17.6 Å². The number of aryl methyl sites for hydroxylation is 1. The molecule has 2 aliphatic rings. The topological polar surface area (TPSA) is 55.8 Å². The Labute approximate surface area is 244 Å². The Morgan fingerprint density at radius 2 is 1.56 bits per heavy atom. The van der Waals surface area contributed by atoms with Crippen molar-refractivity contribution in [3.8, 4) is 5.75 Å². The maximum absolute atomic E-state index is 13.7. The molecule has 0 bridgehead atoms. The molecule has 1 aliphatic carbocycles. The first kappa shape index (κ1) is 28.9. The first-order valence-electron chi connectivity index (χ1n) is 15.3. The number of rotatable bonds is 10. The average Bonchev–Trinajstić information content (AvgIpc) is 3.48. The van der Waals surface area contributed by atoms with Crippen molar-refractivity contribution in [3.05, 3.63) is 94.5 Å². The van der Waals surface area contributed by atoms with Gasteiger partial charge in [0.05, 0.1) is 6.54 Å². The zero-order chi connectivity index (χ0) is 29.0. The van der Waals surface area contributed by atoms with E-state index in [2.05, 4.69) is 62.4 Å². The van der Waals surface area contributed by atoms with Crippen molar-refractivity contribution in [2.45, 2.75) is 97.3 Å². The van der Waals surface area contributed by atoms with E-state index in [0.717, 1.165) is 30.5 Å². The van der Waals surface area contributed by atoms with E-state index in [1.807, 2.05) is 17.0 Å². The normalized spacial score (nSPS) is 16.9. The van der Waals surface area contributed by atoms with E-state index in [-0.39, 0.29) is 11.8 Å². The molecular weight excluding hydrogens is 510 g/mol. The minimum absolute atomic E-state index is 0.0964. The van der Waals surface area contributed by atoms with Crippen LogP contribution in [0.1, 0.15) is 111 Å². The highest BCUT2D eigenvalue weighted by Gasteiger charge is 2.34. The molecule has 1 unspecified atom stereocenters. The summed E-state index contributed by atoms with van der Waals surface area (Å²) in [4.78, 5) is 28.0. The summed E-state index contributed by atoms with van der Waals surface area (Å²) in [5.74, 6) is 0.00472. The zero-order valence-corrected chi connectivity index (χ0v) is 24.9. The minimum atomic E-state index is -1.05. The Balaban J connectivity index is 1.36. The van der Waals surface area contributed by atoms with Gasteiger partial charge in [0.25, 0.3) is 0 Å². The number of fused-ring (bicyclic) bond motifs is 1. The number of amides is 1. The summed E-state index contributed by atoms with van der Waals surface area (Å²) in [6.45, 7) is 8.33. The lowest BCUT2D eigenvalue weighted by Gasteiger charge is -2.32. The SMILES string of the molecule is CCCc1ccc(C(C)c2ccc(CN(C(=O)CCC3CCCC3)c3ccc4c(c3)OC(C)(C)OC4=O)cc2)cc1. The largest absolute Gasteiger partial charge is 0.452 e. The molecule has 5 rings (SSSR count). The van der Waals surface area contributed by atoms with Gasteiger partial charge in [-0.25, -0.2) is 4.79 Å². The highest BCUT2D eigenvalue weighted by molar-refractivity contribution is 5.97. The summed E-state index contributed by atoms with van der Waals surface area (Å²) >= 11 is 0. The van der Waals surface area contributed by atoms with Crippen LogP contribution in [0.15, 0.2) is 66.7 Å². The number of anilines is 1. The van der Waals surface area contributed by atoms with Crippen LogP contribution >= 0.6 is 0 Å². The molecule has 0 saturated heterocycles. The smallest absolute Gasteiger partial charge is 0.345 e. The highest BCUT2D eigenvalue weighted by Crippen LogP contribution is 2.36. The lowest BCUT2D eigenvalue weighted by molar-refractivity contribution is -0.127. The molecule has 0 spiro atoms. The number of nitrogens with zero attached hydrogens (tertiary/aromatic N) is 1. The van der Waals surface area contributed by atoms with Crippen LogP contribution in [0.5, 0.6) is 5.75 Å². The van der Waals surface area contributed by atoms with E-state index in [4.69, 9.17) is 9.47 Å². The summed E-state index contributed by atoms with van der Waals surface area (Å²) in [5.41, 5.74) is 6.11. The first-order valence-corrected chi connectivity index (χ1v) is 15.3. The predicted molar refractivity (Wildman–Crippen MR) is 163 cm³/mol. The standard InChI is InChI=1S/C36H43NO4/c1-5-8-26-11-16-29(17-12-26)25(2)30-18-13-28(14-19-30)24-37(34(38)22-15-27-9-6-7-10-27)31-20-21-32-33(23-31)40-36(3,4)41-35(32)39/h11-14,16-21,23,25,27H,5-10,15,22,24H2,1-4H3. The van der Waals surface area contributed by atoms with Gasteiger partial charge in [-0.05, 0) is 53.1 Å².